The Morgan fingerprint density at radius 2 is 1.73 bits per heavy atom. The SMILES string of the molecule is CS(=O)(=O)c1nnc(CCCCCNS(=O)(=O)Cc2ccc(F)cc2)o1. The van der Waals surface area contributed by atoms with Crippen LogP contribution in [0.1, 0.15) is 30.7 Å². The van der Waals surface area contributed by atoms with Crippen LogP contribution in [-0.2, 0) is 32.0 Å². The Morgan fingerprint density at radius 3 is 2.35 bits per heavy atom. The molecular weight excluding hydrogens is 385 g/mol. The van der Waals surface area contributed by atoms with Crippen molar-refractivity contribution in [1.82, 2.24) is 14.9 Å². The molecule has 0 fully saturated rings. The van der Waals surface area contributed by atoms with Crippen molar-refractivity contribution in [2.24, 2.45) is 0 Å². The maximum Gasteiger partial charge on any atom is 0.335 e. The lowest BCUT2D eigenvalue weighted by Crippen LogP contribution is -2.26. The minimum absolute atomic E-state index is 0.205. The highest BCUT2D eigenvalue weighted by molar-refractivity contribution is 7.90. The van der Waals surface area contributed by atoms with E-state index >= 15 is 0 Å². The zero-order valence-corrected chi connectivity index (χ0v) is 15.8. The lowest BCUT2D eigenvalue weighted by Gasteiger charge is -2.06. The van der Waals surface area contributed by atoms with Crippen LogP contribution in [0.3, 0.4) is 0 Å². The molecule has 26 heavy (non-hydrogen) atoms. The maximum atomic E-state index is 12.8. The summed E-state index contributed by atoms with van der Waals surface area (Å²) < 4.78 is 66.7. The molecule has 0 spiro atoms. The highest BCUT2D eigenvalue weighted by atomic mass is 32.2. The van der Waals surface area contributed by atoms with Gasteiger partial charge in [0.2, 0.25) is 25.8 Å². The second-order valence-corrected chi connectivity index (χ2v) is 9.52. The predicted octanol–water partition coefficient (Wildman–Crippen LogP) is 1.44. The Morgan fingerprint density at radius 1 is 1.04 bits per heavy atom. The minimum Gasteiger partial charge on any atom is -0.413 e. The van der Waals surface area contributed by atoms with E-state index in [9.17, 15) is 21.2 Å². The lowest BCUT2D eigenvalue weighted by molar-refractivity contribution is 0.392. The summed E-state index contributed by atoms with van der Waals surface area (Å²) in [6.07, 6.45) is 3.38. The fourth-order valence-electron chi connectivity index (χ4n) is 2.15. The molecule has 0 radical (unpaired) electrons. The number of rotatable bonds is 10. The fraction of sp³-hybridized carbons (Fsp3) is 0.467. The second-order valence-electron chi connectivity index (χ2n) is 5.82. The van der Waals surface area contributed by atoms with Crippen LogP contribution in [0, 0.1) is 5.82 Å². The van der Waals surface area contributed by atoms with Gasteiger partial charge in [0.05, 0.1) is 5.75 Å². The van der Waals surface area contributed by atoms with Crippen molar-refractivity contribution in [1.29, 1.82) is 0 Å². The first kappa shape index (κ1) is 20.5. The van der Waals surface area contributed by atoms with Crippen molar-refractivity contribution in [3.8, 4) is 0 Å². The van der Waals surface area contributed by atoms with E-state index in [1.165, 1.54) is 24.3 Å². The number of unbranched alkanes of at least 4 members (excludes halogenated alkanes) is 2. The van der Waals surface area contributed by atoms with Gasteiger partial charge in [-0.2, -0.15) is 0 Å². The smallest absolute Gasteiger partial charge is 0.335 e. The van der Waals surface area contributed by atoms with Crippen molar-refractivity contribution >= 4 is 19.9 Å². The van der Waals surface area contributed by atoms with E-state index in [0.29, 0.717) is 31.2 Å². The van der Waals surface area contributed by atoms with Gasteiger partial charge in [-0.3, -0.25) is 0 Å². The quantitative estimate of drug-likeness (QED) is 0.594. The summed E-state index contributed by atoms with van der Waals surface area (Å²) in [5.41, 5.74) is 0.511. The molecule has 0 aliphatic rings. The minimum atomic E-state index is -3.50. The summed E-state index contributed by atoms with van der Waals surface area (Å²) in [6.45, 7) is 0.280. The van der Waals surface area contributed by atoms with E-state index in [2.05, 4.69) is 14.9 Å². The summed E-state index contributed by atoms with van der Waals surface area (Å²) >= 11 is 0. The maximum absolute atomic E-state index is 12.8. The van der Waals surface area contributed by atoms with Crippen molar-refractivity contribution in [3.05, 3.63) is 41.5 Å². The summed E-state index contributed by atoms with van der Waals surface area (Å²) in [4.78, 5) is 0. The summed E-state index contributed by atoms with van der Waals surface area (Å²) in [5, 5.41) is 6.72. The van der Waals surface area contributed by atoms with E-state index < -0.39 is 30.9 Å². The third-order valence-corrected chi connectivity index (χ3v) is 5.58. The van der Waals surface area contributed by atoms with Crippen molar-refractivity contribution < 1.29 is 25.6 Å². The molecule has 144 valence electrons. The molecule has 0 saturated heterocycles. The van der Waals surface area contributed by atoms with E-state index in [-0.39, 0.29) is 18.2 Å². The monoisotopic (exact) mass is 405 g/mol. The van der Waals surface area contributed by atoms with Crippen LogP contribution in [0.5, 0.6) is 0 Å². The first-order chi connectivity index (χ1) is 12.2. The molecule has 0 amide bonds. The van der Waals surface area contributed by atoms with E-state index in [4.69, 9.17) is 4.42 Å². The first-order valence-electron chi connectivity index (χ1n) is 7.90. The van der Waals surface area contributed by atoms with Crippen LogP contribution < -0.4 is 4.72 Å². The van der Waals surface area contributed by atoms with Crippen LogP contribution in [-0.4, -0.2) is 39.8 Å². The van der Waals surface area contributed by atoms with Gasteiger partial charge in [-0.1, -0.05) is 23.7 Å². The van der Waals surface area contributed by atoms with Gasteiger partial charge in [0.15, 0.2) is 0 Å². The average molecular weight is 405 g/mol. The number of sulfonamides is 1. The zero-order chi connectivity index (χ0) is 19.2. The van der Waals surface area contributed by atoms with Crippen LogP contribution in [0.15, 0.2) is 33.9 Å². The van der Waals surface area contributed by atoms with E-state index in [1.54, 1.807) is 0 Å². The predicted molar refractivity (Wildman–Crippen MR) is 92.0 cm³/mol. The van der Waals surface area contributed by atoms with Crippen LogP contribution in [0.4, 0.5) is 4.39 Å². The molecule has 1 aromatic heterocycles. The van der Waals surface area contributed by atoms with Crippen LogP contribution in [0.25, 0.3) is 0 Å². The number of nitrogens with zero attached hydrogens (tertiary/aromatic N) is 2. The zero-order valence-electron chi connectivity index (χ0n) is 14.2. The lowest BCUT2D eigenvalue weighted by atomic mass is 10.2. The number of aromatic nitrogens is 2. The molecule has 11 heteroatoms. The Balaban J connectivity index is 1.66. The van der Waals surface area contributed by atoms with Gasteiger partial charge >= 0.3 is 5.22 Å². The summed E-state index contributed by atoms with van der Waals surface area (Å²) in [5.74, 6) is -0.380. The highest BCUT2D eigenvalue weighted by Gasteiger charge is 2.16. The molecule has 8 nitrogen and oxygen atoms in total. The number of halogens is 1. The number of aryl methyl sites for hydroxylation is 1. The number of hydrogen-bond donors (Lipinski definition) is 1. The van der Waals surface area contributed by atoms with E-state index in [0.717, 1.165) is 6.26 Å². The highest BCUT2D eigenvalue weighted by Crippen LogP contribution is 2.10. The fourth-order valence-corrected chi connectivity index (χ4v) is 3.77. The molecule has 2 rings (SSSR count). The Bertz CT molecular complexity index is 924. The molecule has 1 heterocycles. The van der Waals surface area contributed by atoms with Crippen molar-refractivity contribution in [2.75, 3.05) is 12.8 Å². The van der Waals surface area contributed by atoms with Crippen LogP contribution in [0.2, 0.25) is 0 Å². The molecule has 1 N–H and O–H groups in total. The van der Waals surface area contributed by atoms with Gasteiger partial charge in [0.25, 0.3) is 0 Å². The summed E-state index contributed by atoms with van der Waals surface area (Å²) in [6, 6.07) is 5.31. The average Bonchev–Trinajstić information content (AvgIpc) is 3.02. The molecule has 0 aliphatic heterocycles. The first-order valence-corrected chi connectivity index (χ1v) is 11.4. The molecule has 0 bridgehead atoms. The van der Waals surface area contributed by atoms with Gasteiger partial charge < -0.3 is 4.42 Å². The number of benzene rings is 1. The molecule has 2 aromatic rings. The standard InChI is InChI=1S/C15H20FN3O5S2/c1-25(20,21)15-19-18-14(24-15)5-3-2-4-10-17-26(22,23)11-12-6-8-13(16)9-7-12/h6-9,17H,2-5,10-11H2,1H3. The number of sulfone groups is 1. The van der Waals surface area contributed by atoms with Crippen molar-refractivity contribution in [3.63, 3.8) is 0 Å². The normalized spacial score (nSPS) is 12.4. The van der Waals surface area contributed by atoms with Gasteiger partial charge in [-0.15, -0.1) is 5.10 Å². The Hall–Kier alpha value is -1.85. The summed E-state index contributed by atoms with van der Waals surface area (Å²) in [7, 11) is -6.98. The molecule has 0 atom stereocenters. The molecule has 1 aromatic carbocycles. The third kappa shape index (κ3) is 6.81. The second kappa shape index (κ2) is 8.69. The van der Waals surface area contributed by atoms with Gasteiger partial charge in [-0.25, -0.2) is 25.9 Å². The number of nitrogens with one attached hydrogen (secondary N) is 1. The molecule has 0 aliphatic carbocycles. The van der Waals surface area contributed by atoms with Gasteiger partial charge in [0.1, 0.15) is 5.82 Å². The largest absolute Gasteiger partial charge is 0.413 e. The van der Waals surface area contributed by atoms with Gasteiger partial charge in [-0.05, 0) is 30.5 Å². The molecule has 0 saturated carbocycles. The molecular formula is C15H20FN3O5S2. The number of hydrogen-bond acceptors (Lipinski definition) is 7. The Kier molecular flexibility index (Phi) is 6.84. The topological polar surface area (TPSA) is 119 Å². The van der Waals surface area contributed by atoms with E-state index in [1.807, 2.05) is 0 Å². The van der Waals surface area contributed by atoms with Crippen LogP contribution >= 0.6 is 0 Å². The Labute approximate surface area is 151 Å². The van der Waals surface area contributed by atoms with Crippen molar-refractivity contribution in [2.45, 2.75) is 36.7 Å². The molecule has 0 unspecified atom stereocenters. The third-order valence-electron chi connectivity index (χ3n) is 3.42. The van der Waals surface area contributed by atoms with Gasteiger partial charge in [0, 0.05) is 19.2 Å².